The van der Waals surface area contributed by atoms with Crippen molar-refractivity contribution < 1.29 is 19.0 Å². The molecule has 88 valence electrons. The molecule has 0 radical (unpaired) electrons. The Hall–Kier alpha value is -1.42. The van der Waals surface area contributed by atoms with E-state index in [1.165, 1.54) is 31.2 Å². The molecule has 1 aromatic rings. The van der Waals surface area contributed by atoms with E-state index in [1.54, 1.807) is 13.8 Å². The van der Waals surface area contributed by atoms with E-state index in [4.69, 9.17) is 4.74 Å². The Balaban J connectivity index is 3.11. The summed E-state index contributed by atoms with van der Waals surface area (Å²) in [5.41, 5.74) is -1.02. The zero-order valence-electron chi connectivity index (χ0n) is 9.53. The van der Waals surface area contributed by atoms with Gasteiger partial charge in [0.05, 0.1) is 6.10 Å². The molecular weight excluding hydrogens is 211 g/mol. The van der Waals surface area contributed by atoms with Crippen molar-refractivity contribution >= 4 is 5.97 Å². The summed E-state index contributed by atoms with van der Waals surface area (Å²) < 4.78 is 18.2. The van der Waals surface area contributed by atoms with Crippen molar-refractivity contribution in [2.75, 3.05) is 0 Å². The second-order valence-electron chi connectivity index (χ2n) is 4.01. The molecule has 16 heavy (non-hydrogen) atoms. The van der Waals surface area contributed by atoms with Crippen LogP contribution < -0.4 is 0 Å². The second-order valence-corrected chi connectivity index (χ2v) is 4.01. The fourth-order valence-electron chi connectivity index (χ4n) is 1.48. The number of hydrogen-bond acceptors (Lipinski definition) is 2. The molecule has 0 aliphatic rings. The summed E-state index contributed by atoms with van der Waals surface area (Å²) in [5, 5.41) is 9.19. The largest absolute Gasteiger partial charge is 0.479 e. The van der Waals surface area contributed by atoms with E-state index in [0.29, 0.717) is 5.56 Å². The van der Waals surface area contributed by atoms with Crippen LogP contribution in [0.25, 0.3) is 0 Å². The maximum Gasteiger partial charge on any atom is 0.340 e. The van der Waals surface area contributed by atoms with Crippen molar-refractivity contribution in [2.24, 2.45) is 0 Å². The minimum absolute atomic E-state index is 0.230. The van der Waals surface area contributed by atoms with Crippen LogP contribution in [0.5, 0.6) is 0 Å². The van der Waals surface area contributed by atoms with Gasteiger partial charge in [-0.25, -0.2) is 9.18 Å². The van der Waals surface area contributed by atoms with E-state index in [0.717, 1.165) is 0 Å². The molecule has 1 N–H and O–H groups in total. The third kappa shape index (κ3) is 2.58. The summed E-state index contributed by atoms with van der Waals surface area (Å²) in [5.74, 6) is -1.49. The third-order valence-corrected chi connectivity index (χ3v) is 2.27. The molecule has 0 saturated heterocycles. The molecule has 1 atom stereocenters. The van der Waals surface area contributed by atoms with Crippen LogP contribution in [0.3, 0.4) is 0 Å². The molecule has 4 heteroatoms. The average Bonchev–Trinajstić information content (AvgIpc) is 2.17. The normalized spacial score (nSPS) is 14.8. The number of benzene rings is 1. The number of hydrogen-bond donors (Lipinski definition) is 1. The van der Waals surface area contributed by atoms with E-state index in [-0.39, 0.29) is 6.10 Å². The van der Waals surface area contributed by atoms with E-state index in [9.17, 15) is 14.3 Å². The van der Waals surface area contributed by atoms with Crippen LogP contribution in [0, 0.1) is 5.82 Å². The zero-order chi connectivity index (χ0) is 12.3. The number of carboxylic acids is 1. The van der Waals surface area contributed by atoms with E-state index >= 15 is 0 Å². The first-order valence-electron chi connectivity index (χ1n) is 5.03. The predicted molar refractivity (Wildman–Crippen MR) is 57.6 cm³/mol. The number of aliphatic carboxylic acids is 1. The van der Waals surface area contributed by atoms with Crippen molar-refractivity contribution in [1.29, 1.82) is 0 Å². The highest BCUT2D eigenvalue weighted by molar-refractivity contribution is 5.78. The van der Waals surface area contributed by atoms with Crippen LogP contribution >= 0.6 is 0 Å². The minimum atomic E-state index is -1.44. The number of carboxylic acid groups (broad SMARTS) is 1. The topological polar surface area (TPSA) is 46.5 Å². The molecule has 0 aromatic heterocycles. The summed E-state index contributed by atoms with van der Waals surface area (Å²) in [4.78, 5) is 11.2. The van der Waals surface area contributed by atoms with Crippen LogP contribution in [0.2, 0.25) is 0 Å². The third-order valence-electron chi connectivity index (χ3n) is 2.27. The zero-order valence-corrected chi connectivity index (χ0v) is 9.53. The monoisotopic (exact) mass is 226 g/mol. The van der Waals surface area contributed by atoms with E-state index in [1.807, 2.05) is 0 Å². The summed E-state index contributed by atoms with van der Waals surface area (Å²) in [6.45, 7) is 4.97. The molecule has 0 aliphatic carbocycles. The van der Waals surface area contributed by atoms with Gasteiger partial charge in [-0.3, -0.25) is 0 Å². The SMILES string of the molecule is CC(C)OC(C)(C(=O)O)c1ccc(F)cc1. The maximum atomic E-state index is 12.8. The molecule has 3 nitrogen and oxygen atoms in total. The van der Waals surface area contributed by atoms with Gasteiger partial charge in [0.1, 0.15) is 5.82 Å². The average molecular weight is 226 g/mol. The van der Waals surface area contributed by atoms with Crippen molar-refractivity contribution in [3.05, 3.63) is 35.6 Å². The van der Waals surface area contributed by atoms with Crippen molar-refractivity contribution in [3.8, 4) is 0 Å². The van der Waals surface area contributed by atoms with Crippen LogP contribution in [0.1, 0.15) is 26.3 Å². The number of carbonyl (C=O) groups is 1. The molecule has 0 heterocycles. The van der Waals surface area contributed by atoms with Crippen LogP contribution in [0.4, 0.5) is 4.39 Å². The smallest absolute Gasteiger partial charge is 0.340 e. The highest BCUT2D eigenvalue weighted by atomic mass is 19.1. The first kappa shape index (κ1) is 12.6. The van der Waals surface area contributed by atoms with Crippen LogP contribution in [0.15, 0.2) is 24.3 Å². The number of rotatable bonds is 4. The number of halogens is 1. The summed E-state index contributed by atoms with van der Waals surface area (Å²) >= 11 is 0. The number of ether oxygens (including phenoxy) is 1. The van der Waals surface area contributed by atoms with Crippen molar-refractivity contribution in [2.45, 2.75) is 32.5 Å². The lowest BCUT2D eigenvalue weighted by molar-refractivity contribution is -0.170. The Bertz CT molecular complexity index is 372. The minimum Gasteiger partial charge on any atom is -0.479 e. The van der Waals surface area contributed by atoms with Crippen molar-refractivity contribution in [3.63, 3.8) is 0 Å². The van der Waals surface area contributed by atoms with Crippen molar-refractivity contribution in [1.82, 2.24) is 0 Å². The molecule has 0 aliphatic heterocycles. The summed E-state index contributed by atoms with van der Waals surface area (Å²) in [7, 11) is 0. The molecule has 0 saturated carbocycles. The fraction of sp³-hybridized carbons (Fsp3) is 0.417. The van der Waals surface area contributed by atoms with Gasteiger partial charge in [0, 0.05) is 0 Å². The first-order chi connectivity index (χ1) is 7.36. The van der Waals surface area contributed by atoms with Gasteiger partial charge in [-0.2, -0.15) is 0 Å². The van der Waals surface area contributed by atoms with Gasteiger partial charge in [-0.05, 0) is 38.5 Å². The maximum absolute atomic E-state index is 12.8. The molecular formula is C12H15FO3. The molecule has 0 bridgehead atoms. The van der Waals surface area contributed by atoms with E-state index in [2.05, 4.69) is 0 Å². The van der Waals surface area contributed by atoms with Crippen LogP contribution in [-0.2, 0) is 15.1 Å². The summed E-state index contributed by atoms with van der Waals surface area (Å²) in [6, 6.07) is 5.29. The highest BCUT2D eigenvalue weighted by Gasteiger charge is 2.37. The van der Waals surface area contributed by atoms with Gasteiger partial charge in [0.2, 0.25) is 0 Å². The van der Waals surface area contributed by atoms with Gasteiger partial charge in [-0.15, -0.1) is 0 Å². The predicted octanol–water partition coefficient (Wildman–Crippen LogP) is 2.55. The van der Waals surface area contributed by atoms with Gasteiger partial charge >= 0.3 is 5.97 Å². The molecule has 1 rings (SSSR count). The Labute approximate surface area is 93.9 Å². The van der Waals surface area contributed by atoms with Gasteiger partial charge in [0.15, 0.2) is 5.60 Å². The Morgan fingerprint density at radius 1 is 1.38 bits per heavy atom. The lowest BCUT2D eigenvalue weighted by atomic mass is 9.95. The second kappa shape index (κ2) is 4.61. The lowest BCUT2D eigenvalue weighted by Gasteiger charge is -2.28. The molecule has 0 spiro atoms. The highest BCUT2D eigenvalue weighted by Crippen LogP contribution is 2.27. The van der Waals surface area contributed by atoms with E-state index < -0.39 is 17.4 Å². The fourth-order valence-corrected chi connectivity index (χ4v) is 1.48. The molecule has 0 amide bonds. The lowest BCUT2D eigenvalue weighted by Crippen LogP contribution is -2.37. The summed E-state index contributed by atoms with van der Waals surface area (Å²) in [6.07, 6.45) is -0.230. The van der Waals surface area contributed by atoms with Gasteiger partial charge in [-0.1, -0.05) is 12.1 Å². The molecule has 1 aromatic carbocycles. The molecule has 1 unspecified atom stereocenters. The molecule has 0 fully saturated rings. The van der Waals surface area contributed by atoms with Gasteiger partial charge < -0.3 is 9.84 Å². The Kier molecular flexibility index (Phi) is 3.65. The Morgan fingerprint density at radius 2 is 1.88 bits per heavy atom. The quantitative estimate of drug-likeness (QED) is 0.858. The first-order valence-corrected chi connectivity index (χ1v) is 5.03. The van der Waals surface area contributed by atoms with Crippen LogP contribution in [-0.4, -0.2) is 17.2 Å². The standard InChI is InChI=1S/C12H15FO3/c1-8(2)16-12(3,11(14)15)9-4-6-10(13)7-5-9/h4-8H,1-3H3,(H,14,15). The Morgan fingerprint density at radius 3 is 2.25 bits per heavy atom. The van der Waals surface area contributed by atoms with Gasteiger partial charge in [0.25, 0.3) is 0 Å².